The molecule has 1 nitrogen and oxygen atoms in total. The van der Waals surface area contributed by atoms with Gasteiger partial charge in [0, 0.05) is 12.5 Å². The van der Waals surface area contributed by atoms with Crippen LogP contribution in [0.2, 0.25) is 0 Å². The number of hydrogen-bond donors (Lipinski definition) is 1. The van der Waals surface area contributed by atoms with Crippen molar-refractivity contribution in [3.05, 3.63) is 35.1 Å². The number of benzene rings is 1. The van der Waals surface area contributed by atoms with E-state index in [1.54, 1.807) is 0 Å². The number of alkyl halides is 3. The maximum Gasteiger partial charge on any atom is 0.419 e. The average Bonchev–Trinajstić information content (AvgIpc) is 2.34. The summed E-state index contributed by atoms with van der Waals surface area (Å²) < 4.78 is 51.1. The molecule has 104 valence electrons. The lowest BCUT2D eigenvalue weighted by Crippen LogP contribution is -2.21. The lowest BCUT2D eigenvalue weighted by atomic mass is 9.99. The van der Waals surface area contributed by atoms with E-state index >= 15 is 0 Å². The molecule has 5 heteroatoms. The first-order chi connectivity index (χ1) is 8.90. The SMILES string of the molecule is C#CCCC(NCC)c1ccc(F)c(C(F)(F)F)c1. The molecule has 0 spiro atoms. The Morgan fingerprint density at radius 1 is 1.37 bits per heavy atom. The highest BCUT2D eigenvalue weighted by molar-refractivity contribution is 5.29. The fourth-order valence-corrected chi connectivity index (χ4v) is 1.84. The smallest absolute Gasteiger partial charge is 0.310 e. The van der Waals surface area contributed by atoms with Gasteiger partial charge in [-0.2, -0.15) is 13.2 Å². The van der Waals surface area contributed by atoms with E-state index in [1.807, 2.05) is 6.92 Å². The molecular formula is C14H15F4N. The molecule has 0 saturated heterocycles. The van der Waals surface area contributed by atoms with E-state index in [0.717, 1.165) is 12.1 Å². The standard InChI is InChI=1S/C14H15F4N/c1-3-5-6-13(19-4-2)10-7-8-12(15)11(9-10)14(16,17)18/h1,7-9,13,19H,4-6H2,2H3. The highest BCUT2D eigenvalue weighted by Gasteiger charge is 2.34. The Kier molecular flexibility index (Phi) is 5.37. The highest BCUT2D eigenvalue weighted by Crippen LogP contribution is 2.33. The molecule has 0 fully saturated rings. The number of nitrogens with one attached hydrogen (secondary N) is 1. The molecule has 0 aliphatic heterocycles. The van der Waals surface area contributed by atoms with Gasteiger partial charge in [-0.25, -0.2) is 4.39 Å². The Balaban J connectivity index is 3.07. The molecule has 0 amide bonds. The Morgan fingerprint density at radius 3 is 2.58 bits per heavy atom. The second kappa shape index (κ2) is 6.58. The van der Waals surface area contributed by atoms with Crippen molar-refractivity contribution in [1.29, 1.82) is 0 Å². The third kappa shape index (κ3) is 4.25. The number of terminal acetylenes is 1. The van der Waals surface area contributed by atoms with E-state index in [-0.39, 0.29) is 6.04 Å². The predicted octanol–water partition coefficient (Wildman–Crippen LogP) is 3.91. The van der Waals surface area contributed by atoms with Crippen molar-refractivity contribution < 1.29 is 17.6 Å². The van der Waals surface area contributed by atoms with Gasteiger partial charge in [-0.05, 0) is 30.7 Å². The molecule has 0 aliphatic carbocycles. The van der Waals surface area contributed by atoms with Crippen molar-refractivity contribution in [3.63, 3.8) is 0 Å². The summed E-state index contributed by atoms with van der Waals surface area (Å²) in [4.78, 5) is 0. The highest BCUT2D eigenvalue weighted by atomic mass is 19.4. The van der Waals surface area contributed by atoms with Gasteiger partial charge in [0.25, 0.3) is 0 Å². The Bertz CT molecular complexity index is 459. The van der Waals surface area contributed by atoms with Crippen LogP contribution in [-0.2, 0) is 6.18 Å². The second-order valence-electron chi connectivity index (χ2n) is 4.09. The van der Waals surface area contributed by atoms with E-state index < -0.39 is 17.6 Å². The molecule has 0 heterocycles. The molecule has 0 radical (unpaired) electrons. The number of hydrogen-bond acceptors (Lipinski definition) is 1. The van der Waals surface area contributed by atoms with Crippen LogP contribution in [0.3, 0.4) is 0 Å². The predicted molar refractivity (Wildman–Crippen MR) is 65.9 cm³/mol. The Hall–Kier alpha value is -1.54. The van der Waals surface area contributed by atoms with Gasteiger partial charge in [-0.15, -0.1) is 12.3 Å². The van der Waals surface area contributed by atoms with Crippen LogP contribution < -0.4 is 5.32 Å². The molecule has 1 aromatic rings. The first-order valence-corrected chi connectivity index (χ1v) is 5.93. The molecule has 0 aromatic heterocycles. The van der Waals surface area contributed by atoms with Crippen LogP contribution >= 0.6 is 0 Å². The average molecular weight is 273 g/mol. The number of rotatable bonds is 5. The molecule has 19 heavy (non-hydrogen) atoms. The van der Waals surface area contributed by atoms with E-state index in [2.05, 4.69) is 11.2 Å². The van der Waals surface area contributed by atoms with Gasteiger partial charge >= 0.3 is 6.18 Å². The summed E-state index contributed by atoms with van der Waals surface area (Å²) in [6.07, 6.45) is 1.41. The van der Waals surface area contributed by atoms with Crippen LogP contribution in [0.25, 0.3) is 0 Å². The van der Waals surface area contributed by atoms with Crippen LogP contribution in [0.5, 0.6) is 0 Å². The summed E-state index contributed by atoms with van der Waals surface area (Å²) in [7, 11) is 0. The molecule has 1 aromatic carbocycles. The maximum absolute atomic E-state index is 13.2. The minimum atomic E-state index is -4.69. The van der Waals surface area contributed by atoms with Crippen LogP contribution in [0.1, 0.15) is 36.9 Å². The van der Waals surface area contributed by atoms with Gasteiger partial charge in [-0.1, -0.05) is 13.0 Å². The van der Waals surface area contributed by atoms with Crippen LogP contribution in [0.15, 0.2) is 18.2 Å². The Labute approximate surface area is 110 Å². The largest absolute Gasteiger partial charge is 0.419 e. The van der Waals surface area contributed by atoms with Crippen molar-refractivity contribution >= 4 is 0 Å². The molecule has 1 atom stereocenters. The summed E-state index contributed by atoms with van der Waals surface area (Å²) in [6.45, 7) is 2.44. The molecular weight excluding hydrogens is 258 g/mol. The van der Waals surface area contributed by atoms with Crippen LogP contribution in [0.4, 0.5) is 17.6 Å². The normalized spacial score (nSPS) is 13.1. The lowest BCUT2D eigenvalue weighted by Gasteiger charge is -2.19. The van der Waals surface area contributed by atoms with Crippen molar-refractivity contribution in [1.82, 2.24) is 5.32 Å². The zero-order valence-electron chi connectivity index (χ0n) is 10.5. The summed E-state index contributed by atoms with van der Waals surface area (Å²) in [5.41, 5.74) is -0.848. The molecule has 0 saturated carbocycles. The quantitative estimate of drug-likeness (QED) is 0.633. The number of halogens is 4. The van der Waals surface area contributed by atoms with Crippen LogP contribution in [0, 0.1) is 18.2 Å². The summed E-state index contributed by atoms with van der Waals surface area (Å²) in [5.74, 6) is 1.19. The Morgan fingerprint density at radius 2 is 2.05 bits per heavy atom. The second-order valence-corrected chi connectivity index (χ2v) is 4.09. The zero-order valence-corrected chi connectivity index (χ0v) is 10.5. The first kappa shape index (κ1) is 15.5. The van der Waals surface area contributed by atoms with E-state index in [9.17, 15) is 17.6 Å². The molecule has 1 N–H and O–H groups in total. The fourth-order valence-electron chi connectivity index (χ4n) is 1.84. The van der Waals surface area contributed by atoms with E-state index in [4.69, 9.17) is 6.42 Å². The summed E-state index contributed by atoms with van der Waals surface area (Å²) in [6, 6.07) is 2.74. The monoisotopic (exact) mass is 273 g/mol. The molecule has 0 bridgehead atoms. The summed E-state index contributed by atoms with van der Waals surface area (Å²) in [5, 5.41) is 3.05. The topological polar surface area (TPSA) is 12.0 Å². The maximum atomic E-state index is 13.2. The molecule has 1 rings (SSSR count). The third-order valence-electron chi connectivity index (χ3n) is 2.73. The third-order valence-corrected chi connectivity index (χ3v) is 2.73. The van der Waals surface area contributed by atoms with Gasteiger partial charge in [0.05, 0.1) is 5.56 Å². The minimum Gasteiger partial charge on any atom is -0.310 e. The van der Waals surface area contributed by atoms with E-state index in [0.29, 0.717) is 24.9 Å². The fraction of sp³-hybridized carbons (Fsp3) is 0.429. The van der Waals surface area contributed by atoms with E-state index in [1.165, 1.54) is 6.07 Å². The van der Waals surface area contributed by atoms with Crippen LogP contribution in [-0.4, -0.2) is 6.54 Å². The van der Waals surface area contributed by atoms with Gasteiger partial charge in [0.2, 0.25) is 0 Å². The summed E-state index contributed by atoms with van der Waals surface area (Å²) >= 11 is 0. The van der Waals surface area contributed by atoms with Gasteiger partial charge in [0.1, 0.15) is 5.82 Å². The van der Waals surface area contributed by atoms with Crippen molar-refractivity contribution in [2.45, 2.75) is 32.0 Å². The van der Waals surface area contributed by atoms with Crippen molar-refractivity contribution in [2.24, 2.45) is 0 Å². The lowest BCUT2D eigenvalue weighted by molar-refractivity contribution is -0.140. The van der Waals surface area contributed by atoms with Crippen molar-refractivity contribution in [3.8, 4) is 12.3 Å². The van der Waals surface area contributed by atoms with Gasteiger partial charge < -0.3 is 5.32 Å². The zero-order chi connectivity index (χ0) is 14.5. The first-order valence-electron chi connectivity index (χ1n) is 5.93. The molecule has 0 aliphatic rings. The van der Waals surface area contributed by atoms with Crippen molar-refractivity contribution in [2.75, 3.05) is 6.54 Å². The molecule has 1 unspecified atom stereocenters. The minimum absolute atomic E-state index is 0.303. The van der Waals surface area contributed by atoms with Gasteiger partial charge in [-0.3, -0.25) is 0 Å². The van der Waals surface area contributed by atoms with Gasteiger partial charge in [0.15, 0.2) is 0 Å².